The van der Waals surface area contributed by atoms with E-state index in [1.165, 1.54) is 0 Å². The van der Waals surface area contributed by atoms with Crippen molar-refractivity contribution >= 4 is 0 Å². The number of phenols is 1. The van der Waals surface area contributed by atoms with Gasteiger partial charge in [0.15, 0.2) is 0 Å². The number of hydrogen-bond donors (Lipinski definition) is 1. The van der Waals surface area contributed by atoms with Crippen molar-refractivity contribution in [1.82, 2.24) is 0 Å². The quantitative estimate of drug-likeness (QED) is 0.669. The van der Waals surface area contributed by atoms with E-state index in [0.29, 0.717) is 5.75 Å². The van der Waals surface area contributed by atoms with E-state index in [1.54, 1.807) is 6.07 Å². The van der Waals surface area contributed by atoms with Gasteiger partial charge < -0.3 is 5.11 Å². The standard InChI is InChI=1S/C9H11O.Y/c1-6-4-5-9(10)8(3)7(6)2;/h5,10H,1-3H3;/q-1;. The van der Waals surface area contributed by atoms with Gasteiger partial charge in [-0.3, -0.25) is 0 Å². The van der Waals surface area contributed by atoms with Crippen molar-refractivity contribution in [1.29, 1.82) is 0 Å². The van der Waals surface area contributed by atoms with E-state index in [2.05, 4.69) is 6.07 Å². The van der Waals surface area contributed by atoms with Crippen molar-refractivity contribution in [3.63, 3.8) is 0 Å². The van der Waals surface area contributed by atoms with E-state index in [0.717, 1.165) is 16.7 Å². The van der Waals surface area contributed by atoms with Gasteiger partial charge in [0, 0.05) is 38.5 Å². The third-order valence-electron chi connectivity index (χ3n) is 1.93. The number of hydrogen-bond acceptors (Lipinski definition) is 1. The second-order valence-corrected chi connectivity index (χ2v) is 2.55. The van der Waals surface area contributed by atoms with E-state index in [-0.39, 0.29) is 32.7 Å². The van der Waals surface area contributed by atoms with Crippen molar-refractivity contribution in [3.05, 3.63) is 28.8 Å². The number of aryl methyl sites for hydroxylation is 1. The fourth-order valence-electron chi connectivity index (χ4n) is 0.866. The van der Waals surface area contributed by atoms with E-state index in [4.69, 9.17) is 0 Å². The topological polar surface area (TPSA) is 20.2 Å². The summed E-state index contributed by atoms with van der Waals surface area (Å²) in [6.07, 6.45) is 0. The maximum atomic E-state index is 9.19. The summed E-state index contributed by atoms with van der Waals surface area (Å²) in [6.45, 7) is 5.88. The summed E-state index contributed by atoms with van der Waals surface area (Å²) < 4.78 is 0. The van der Waals surface area contributed by atoms with Crippen molar-refractivity contribution in [3.8, 4) is 5.75 Å². The van der Waals surface area contributed by atoms with Crippen LogP contribution in [-0.2, 0) is 32.7 Å². The summed E-state index contributed by atoms with van der Waals surface area (Å²) in [4.78, 5) is 0. The molecular weight excluding hydrogens is 213 g/mol. The first-order valence-electron chi connectivity index (χ1n) is 3.30. The molecule has 0 aliphatic rings. The van der Waals surface area contributed by atoms with Crippen LogP contribution in [0.2, 0.25) is 0 Å². The molecule has 0 unspecified atom stereocenters. The smallest absolute Gasteiger partial charge is 0.00638 e. The average molecular weight is 224 g/mol. The Balaban J connectivity index is 0.000001000. The molecule has 0 saturated carbocycles. The number of benzene rings is 1. The second kappa shape index (κ2) is 4.22. The minimum absolute atomic E-state index is 0. The Labute approximate surface area is 92.7 Å². The molecule has 0 atom stereocenters. The van der Waals surface area contributed by atoms with Gasteiger partial charge >= 0.3 is 0 Å². The van der Waals surface area contributed by atoms with Crippen molar-refractivity contribution in [2.24, 2.45) is 0 Å². The van der Waals surface area contributed by atoms with Gasteiger partial charge in [0.2, 0.25) is 0 Å². The molecule has 57 valence electrons. The largest absolute Gasteiger partial charge is 0.565 e. The van der Waals surface area contributed by atoms with Gasteiger partial charge in [-0.2, -0.15) is 11.6 Å². The number of aromatic hydroxyl groups is 1. The summed E-state index contributed by atoms with van der Waals surface area (Å²) in [6, 6.07) is 4.57. The van der Waals surface area contributed by atoms with Gasteiger partial charge in [-0.15, -0.1) is 17.2 Å². The third-order valence-corrected chi connectivity index (χ3v) is 1.93. The third kappa shape index (κ3) is 2.28. The summed E-state index contributed by atoms with van der Waals surface area (Å²) >= 11 is 0. The van der Waals surface area contributed by atoms with Crippen LogP contribution in [0, 0.1) is 26.8 Å². The normalized spacial score (nSPS) is 9.00. The Morgan fingerprint density at radius 1 is 1.18 bits per heavy atom. The Morgan fingerprint density at radius 2 is 1.73 bits per heavy atom. The van der Waals surface area contributed by atoms with Gasteiger partial charge in [0.25, 0.3) is 0 Å². The minimum atomic E-state index is 0. The van der Waals surface area contributed by atoms with E-state index in [1.807, 2.05) is 20.8 Å². The molecule has 1 aromatic carbocycles. The predicted octanol–water partition coefficient (Wildman–Crippen LogP) is 2.12. The van der Waals surface area contributed by atoms with E-state index in [9.17, 15) is 5.11 Å². The first kappa shape index (κ1) is 11.1. The summed E-state index contributed by atoms with van der Waals surface area (Å²) in [5.41, 5.74) is 3.19. The van der Waals surface area contributed by atoms with Crippen LogP contribution in [0.4, 0.5) is 0 Å². The van der Waals surface area contributed by atoms with Crippen molar-refractivity contribution in [2.75, 3.05) is 0 Å². The van der Waals surface area contributed by atoms with Gasteiger partial charge in [0.1, 0.15) is 0 Å². The molecule has 0 aliphatic heterocycles. The van der Waals surface area contributed by atoms with Gasteiger partial charge in [-0.1, -0.05) is 20.8 Å². The molecule has 1 radical (unpaired) electrons. The molecule has 0 saturated heterocycles. The monoisotopic (exact) mass is 224 g/mol. The zero-order valence-electron chi connectivity index (χ0n) is 7.10. The molecule has 1 N–H and O–H groups in total. The fourth-order valence-corrected chi connectivity index (χ4v) is 0.866. The predicted molar refractivity (Wildman–Crippen MR) is 41.2 cm³/mol. The summed E-state index contributed by atoms with van der Waals surface area (Å²) in [5, 5.41) is 9.19. The zero-order chi connectivity index (χ0) is 7.72. The Kier molecular flexibility index (Phi) is 4.27. The van der Waals surface area contributed by atoms with Crippen LogP contribution < -0.4 is 0 Å². The molecule has 2 heteroatoms. The van der Waals surface area contributed by atoms with Crippen LogP contribution in [0.25, 0.3) is 0 Å². The van der Waals surface area contributed by atoms with Gasteiger partial charge in [-0.25, -0.2) is 0 Å². The number of rotatable bonds is 0. The summed E-state index contributed by atoms with van der Waals surface area (Å²) in [5.74, 6) is 0.336. The van der Waals surface area contributed by atoms with Gasteiger partial charge in [-0.05, 0) is 0 Å². The maximum absolute atomic E-state index is 9.19. The molecule has 1 rings (SSSR count). The number of phenolic OH excluding ortho intramolecular Hbond substituents is 1. The van der Waals surface area contributed by atoms with Crippen LogP contribution in [-0.4, -0.2) is 5.11 Å². The molecule has 0 aliphatic carbocycles. The fraction of sp³-hybridized carbons (Fsp3) is 0.333. The second-order valence-electron chi connectivity index (χ2n) is 2.55. The van der Waals surface area contributed by atoms with Gasteiger partial charge in [0.05, 0.1) is 0 Å². The molecule has 11 heavy (non-hydrogen) atoms. The van der Waals surface area contributed by atoms with Crippen molar-refractivity contribution in [2.45, 2.75) is 20.8 Å². The SMILES string of the molecule is Cc1[c-]cc(O)c(C)c1C.[Y]. The molecule has 1 aromatic rings. The molecule has 0 spiro atoms. The molecule has 0 aromatic heterocycles. The molecule has 0 amide bonds. The molecular formula is C9H11OY-. The van der Waals surface area contributed by atoms with Crippen LogP contribution in [0.15, 0.2) is 6.07 Å². The zero-order valence-corrected chi connectivity index (χ0v) is 9.94. The maximum Gasteiger partial charge on any atom is 0.00638 e. The van der Waals surface area contributed by atoms with E-state index < -0.39 is 0 Å². The van der Waals surface area contributed by atoms with Crippen LogP contribution in [0.3, 0.4) is 0 Å². The minimum Gasteiger partial charge on any atom is -0.565 e. The molecule has 0 fully saturated rings. The first-order chi connectivity index (χ1) is 4.63. The Morgan fingerprint density at radius 3 is 2.18 bits per heavy atom. The summed E-state index contributed by atoms with van der Waals surface area (Å²) in [7, 11) is 0. The Hall–Kier alpha value is 0.124. The molecule has 0 bridgehead atoms. The van der Waals surface area contributed by atoms with Crippen LogP contribution in [0.1, 0.15) is 16.7 Å². The molecule has 1 nitrogen and oxygen atoms in total. The average Bonchev–Trinajstić information content (AvgIpc) is 1.93. The van der Waals surface area contributed by atoms with Crippen LogP contribution in [0.5, 0.6) is 5.75 Å². The first-order valence-corrected chi connectivity index (χ1v) is 3.30. The van der Waals surface area contributed by atoms with Crippen molar-refractivity contribution < 1.29 is 37.8 Å². The van der Waals surface area contributed by atoms with Crippen LogP contribution >= 0.6 is 0 Å². The molecule has 0 heterocycles. The van der Waals surface area contributed by atoms with E-state index >= 15 is 0 Å². The Bertz CT molecular complexity index is 229.